The number of rotatable bonds is 6. The van der Waals surface area contributed by atoms with Gasteiger partial charge in [-0.1, -0.05) is 23.7 Å². The Morgan fingerprint density at radius 1 is 1.23 bits per heavy atom. The first kappa shape index (κ1) is 16.8. The summed E-state index contributed by atoms with van der Waals surface area (Å²) in [4.78, 5) is 10.6. The van der Waals surface area contributed by atoms with E-state index in [4.69, 9.17) is 21.4 Å². The summed E-state index contributed by atoms with van der Waals surface area (Å²) in [6.07, 6.45) is 0.435. The fourth-order valence-corrected chi connectivity index (χ4v) is 2.91. The molecule has 6 heteroatoms. The lowest BCUT2D eigenvalue weighted by Gasteiger charge is -2.12. The van der Waals surface area contributed by atoms with Crippen molar-refractivity contribution in [2.45, 2.75) is 19.4 Å². The van der Waals surface area contributed by atoms with Crippen LogP contribution in [-0.2, 0) is 17.8 Å². The van der Waals surface area contributed by atoms with Gasteiger partial charge in [-0.15, -0.1) is 0 Å². The second kappa shape index (κ2) is 7.61. The van der Waals surface area contributed by atoms with E-state index in [1.54, 1.807) is 24.3 Å². The number of carbonyl (C=O) groups is 1. The van der Waals surface area contributed by atoms with E-state index in [0.29, 0.717) is 21.7 Å². The molecule has 0 aromatic heterocycles. The van der Waals surface area contributed by atoms with Gasteiger partial charge in [-0.3, -0.25) is 4.79 Å². The van der Waals surface area contributed by atoms with Crippen LogP contribution in [0.1, 0.15) is 17.5 Å². The van der Waals surface area contributed by atoms with Crippen molar-refractivity contribution < 1.29 is 19.0 Å². The summed E-state index contributed by atoms with van der Waals surface area (Å²) in [6.45, 7) is 0.257. The maximum Gasteiger partial charge on any atom is 0.303 e. The van der Waals surface area contributed by atoms with Gasteiger partial charge in [0, 0.05) is 6.42 Å². The molecule has 0 saturated heterocycles. The molecule has 3 nitrogen and oxygen atoms in total. The number of carboxylic acid groups (broad SMARTS) is 1. The van der Waals surface area contributed by atoms with Gasteiger partial charge in [0.05, 0.1) is 9.50 Å². The van der Waals surface area contributed by atoms with Gasteiger partial charge in [-0.25, -0.2) is 4.39 Å². The van der Waals surface area contributed by atoms with Crippen LogP contribution in [0.5, 0.6) is 5.75 Å². The van der Waals surface area contributed by atoms with Crippen LogP contribution in [0.4, 0.5) is 4.39 Å². The van der Waals surface area contributed by atoms with Crippen molar-refractivity contribution in [2.75, 3.05) is 0 Å². The number of benzene rings is 2. The number of carboxylic acids is 1. The summed E-state index contributed by atoms with van der Waals surface area (Å²) < 4.78 is 19.2. The van der Waals surface area contributed by atoms with Gasteiger partial charge < -0.3 is 9.84 Å². The Balaban J connectivity index is 2.07. The summed E-state index contributed by atoms with van der Waals surface area (Å²) in [5, 5.41) is 9.10. The van der Waals surface area contributed by atoms with Crippen LogP contribution in [-0.4, -0.2) is 11.1 Å². The Morgan fingerprint density at radius 3 is 2.50 bits per heavy atom. The number of ether oxygens (including phenoxy) is 1. The largest absolute Gasteiger partial charge is 0.486 e. The molecule has 0 unspecified atom stereocenters. The molecule has 0 aliphatic heterocycles. The maximum absolute atomic E-state index is 12.8. The monoisotopic (exact) mass is 386 g/mol. The van der Waals surface area contributed by atoms with Gasteiger partial charge in [-0.2, -0.15) is 0 Å². The van der Waals surface area contributed by atoms with Crippen LogP contribution in [0.3, 0.4) is 0 Å². The third kappa shape index (κ3) is 4.71. The van der Waals surface area contributed by atoms with E-state index in [2.05, 4.69) is 15.9 Å². The van der Waals surface area contributed by atoms with Crippen LogP contribution in [0.15, 0.2) is 40.9 Å². The zero-order valence-corrected chi connectivity index (χ0v) is 13.8. The average Bonchev–Trinajstić information content (AvgIpc) is 2.46. The molecule has 0 bridgehead atoms. The van der Waals surface area contributed by atoms with Gasteiger partial charge >= 0.3 is 5.97 Å². The Kier molecular flexibility index (Phi) is 5.80. The van der Waals surface area contributed by atoms with E-state index < -0.39 is 5.97 Å². The molecule has 2 aromatic carbocycles. The molecule has 0 radical (unpaired) electrons. The molecule has 22 heavy (non-hydrogen) atoms. The van der Waals surface area contributed by atoms with Crippen LogP contribution >= 0.6 is 27.5 Å². The Labute approximate surface area is 140 Å². The number of halogens is 3. The molecule has 0 heterocycles. The van der Waals surface area contributed by atoms with E-state index in [9.17, 15) is 9.18 Å². The topological polar surface area (TPSA) is 46.5 Å². The second-order valence-electron chi connectivity index (χ2n) is 4.70. The zero-order valence-electron chi connectivity index (χ0n) is 11.5. The van der Waals surface area contributed by atoms with Crippen molar-refractivity contribution >= 4 is 33.5 Å². The Morgan fingerprint density at radius 2 is 1.91 bits per heavy atom. The predicted octanol–water partition coefficient (Wildman–Crippen LogP) is 4.84. The predicted molar refractivity (Wildman–Crippen MR) is 85.8 cm³/mol. The highest BCUT2D eigenvalue weighted by Gasteiger charge is 2.11. The first-order chi connectivity index (χ1) is 10.5. The molecule has 116 valence electrons. The number of aryl methyl sites for hydroxylation is 1. The molecule has 0 fully saturated rings. The van der Waals surface area contributed by atoms with Crippen molar-refractivity contribution in [1.29, 1.82) is 0 Å². The number of hydrogen-bond donors (Lipinski definition) is 1. The van der Waals surface area contributed by atoms with E-state index in [1.165, 1.54) is 12.1 Å². The number of hydrogen-bond acceptors (Lipinski definition) is 2. The first-order valence-electron chi connectivity index (χ1n) is 6.52. The van der Waals surface area contributed by atoms with Gasteiger partial charge in [0.15, 0.2) is 5.75 Å². The zero-order chi connectivity index (χ0) is 16.1. The van der Waals surface area contributed by atoms with Gasteiger partial charge in [0.25, 0.3) is 0 Å². The summed E-state index contributed by atoms with van der Waals surface area (Å²) in [5.74, 6) is -0.681. The lowest BCUT2D eigenvalue weighted by Crippen LogP contribution is -2.00. The van der Waals surface area contributed by atoms with Crippen molar-refractivity contribution in [2.24, 2.45) is 0 Å². The van der Waals surface area contributed by atoms with E-state index in [0.717, 1.165) is 11.1 Å². The fraction of sp³-hybridized carbons (Fsp3) is 0.188. The highest BCUT2D eigenvalue weighted by molar-refractivity contribution is 9.10. The molecule has 2 aromatic rings. The third-order valence-electron chi connectivity index (χ3n) is 2.98. The van der Waals surface area contributed by atoms with E-state index in [-0.39, 0.29) is 18.8 Å². The van der Waals surface area contributed by atoms with Crippen LogP contribution in [0.2, 0.25) is 5.02 Å². The second-order valence-corrected chi connectivity index (χ2v) is 5.96. The van der Waals surface area contributed by atoms with Crippen LogP contribution in [0.25, 0.3) is 0 Å². The third-order valence-corrected chi connectivity index (χ3v) is 3.85. The van der Waals surface area contributed by atoms with Crippen LogP contribution < -0.4 is 4.74 Å². The van der Waals surface area contributed by atoms with Crippen molar-refractivity contribution in [3.05, 3.63) is 62.8 Å². The summed E-state index contributed by atoms with van der Waals surface area (Å²) in [5.41, 5.74) is 1.63. The van der Waals surface area contributed by atoms with Crippen LogP contribution in [0, 0.1) is 5.82 Å². The lowest BCUT2D eigenvalue weighted by molar-refractivity contribution is -0.136. The SMILES string of the molecule is O=C(O)CCc1cc(Cl)c(OCc2ccc(F)cc2)c(Br)c1. The Hall–Kier alpha value is -1.59. The maximum atomic E-state index is 12.8. The molecule has 0 aliphatic rings. The minimum atomic E-state index is -0.858. The lowest BCUT2D eigenvalue weighted by atomic mass is 10.1. The van der Waals surface area contributed by atoms with Crippen molar-refractivity contribution in [1.82, 2.24) is 0 Å². The molecule has 1 N–H and O–H groups in total. The summed E-state index contributed by atoms with van der Waals surface area (Å²) in [6, 6.07) is 9.48. The Bertz CT molecular complexity index is 651. The van der Waals surface area contributed by atoms with Gasteiger partial charge in [0.1, 0.15) is 12.4 Å². The highest BCUT2D eigenvalue weighted by Crippen LogP contribution is 2.35. The molecule has 0 aliphatic carbocycles. The molecule has 0 amide bonds. The average molecular weight is 388 g/mol. The molecular weight excluding hydrogens is 375 g/mol. The van der Waals surface area contributed by atoms with E-state index >= 15 is 0 Å². The molecule has 0 atom stereocenters. The standard InChI is InChI=1S/C16H13BrClFO3/c17-13-7-11(3-6-15(20)21)8-14(18)16(13)22-9-10-1-4-12(19)5-2-10/h1-2,4-5,7-8H,3,6,9H2,(H,20,21). The van der Waals surface area contributed by atoms with E-state index in [1.807, 2.05) is 0 Å². The van der Waals surface area contributed by atoms with Gasteiger partial charge in [0.2, 0.25) is 0 Å². The molecule has 0 saturated carbocycles. The van der Waals surface area contributed by atoms with Gasteiger partial charge in [-0.05, 0) is 57.7 Å². The normalized spacial score (nSPS) is 10.5. The minimum Gasteiger partial charge on any atom is -0.486 e. The summed E-state index contributed by atoms with van der Waals surface area (Å²) >= 11 is 9.55. The molecular formula is C16H13BrClFO3. The molecule has 2 rings (SSSR count). The first-order valence-corrected chi connectivity index (χ1v) is 7.70. The minimum absolute atomic E-state index is 0.0402. The fourth-order valence-electron chi connectivity index (χ4n) is 1.88. The number of aliphatic carboxylic acids is 1. The van der Waals surface area contributed by atoms with Crippen molar-refractivity contribution in [3.63, 3.8) is 0 Å². The smallest absolute Gasteiger partial charge is 0.303 e. The van der Waals surface area contributed by atoms with Crippen molar-refractivity contribution in [3.8, 4) is 5.75 Å². The molecule has 0 spiro atoms. The highest BCUT2D eigenvalue weighted by atomic mass is 79.9. The quantitative estimate of drug-likeness (QED) is 0.771. The summed E-state index contributed by atoms with van der Waals surface area (Å²) in [7, 11) is 0.